The minimum atomic E-state index is -0.289. The van der Waals surface area contributed by atoms with E-state index in [-0.39, 0.29) is 12.4 Å². The van der Waals surface area contributed by atoms with Gasteiger partial charge in [0.05, 0.1) is 19.2 Å². The summed E-state index contributed by atoms with van der Waals surface area (Å²) in [5, 5.41) is 8.44. The molecule has 0 aromatic carbocycles. The molecule has 2 heterocycles. The molecule has 2 aromatic heterocycles. The lowest BCUT2D eigenvalue weighted by Crippen LogP contribution is -2.07. The van der Waals surface area contributed by atoms with Crippen LogP contribution in [-0.2, 0) is 35.3 Å². The quantitative estimate of drug-likeness (QED) is 0.720. The van der Waals surface area contributed by atoms with Gasteiger partial charge in [0.1, 0.15) is 6.54 Å². The van der Waals surface area contributed by atoms with Gasteiger partial charge in [-0.15, -0.1) is 0 Å². The maximum absolute atomic E-state index is 11.1. The highest BCUT2D eigenvalue weighted by molar-refractivity contribution is 5.69. The summed E-state index contributed by atoms with van der Waals surface area (Å²) < 4.78 is 11.6. The number of aryl methyl sites for hydroxylation is 3. The van der Waals surface area contributed by atoms with Crippen molar-refractivity contribution in [2.75, 3.05) is 7.11 Å². The van der Waals surface area contributed by atoms with Gasteiger partial charge >= 0.3 is 5.97 Å². The Balaban J connectivity index is 2.02. The van der Waals surface area contributed by atoms with Gasteiger partial charge in [0.2, 0.25) is 5.89 Å². The third-order valence-electron chi connectivity index (χ3n) is 3.21. The summed E-state index contributed by atoms with van der Waals surface area (Å²) >= 11 is 0. The molecule has 0 fully saturated rings. The Morgan fingerprint density at radius 3 is 2.86 bits per heavy atom. The number of esters is 1. The van der Waals surface area contributed by atoms with Crippen molar-refractivity contribution in [2.24, 2.45) is 0 Å². The van der Waals surface area contributed by atoms with Gasteiger partial charge < -0.3 is 9.26 Å². The number of rotatable bonds is 7. The largest absolute Gasteiger partial charge is 0.469 e. The highest BCUT2D eigenvalue weighted by Gasteiger charge is 2.12. The first-order valence-electron chi connectivity index (χ1n) is 7.10. The zero-order valence-electron chi connectivity index (χ0n) is 12.6. The molecule has 0 radical (unpaired) electrons. The van der Waals surface area contributed by atoms with Crippen molar-refractivity contribution in [3.63, 3.8) is 0 Å². The van der Waals surface area contributed by atoms with Crippen molar-refractivity contribution in [3.8, 4) is 0 Å². The summed E-state index contributed by atoms with van der Waals surface area (Å²) in [6.45, 7) is 4.64. The Labute approximate surface area is 123 Å². The first kappa shape index (κ1) is 15.2. The predicted octanol–water partition coefficient (Wildman–Crippen LogP) is 1.54. The SMILES string of the molecule is CCc1cc(CC)n(Cc2noc(CCC(=O)OC)n2)n1. The van der Waals surface area contributed by atoms with Crippen LogP contribution in [0.3, 0.4) is 0 Å². The van der Waals surface area contributed by atoms with Gasteiger partial charge in [0, 0.05) is 12.1 Å². The fraction of sp³-hybridized carbons (Fsp3) is 0.571. The molecular formula is C14H20N4O3. The van der Waals surface area contributed by atoms with E-state index in [9.17, 15) is 4.79 Å². The minimum Gasteiger partial charge on any atom is -0.469 e. The molecule has 0 atom stereocenters. The van der Waals surface area contributed by atoms with E-state index in [1.54, 1.807) is 0 Å². The maximum Gasteiger partial charge on any atom is 0.306 e. The number of carbonyl (C=O) groups is 1. The molecule has 0 unspecified atom stereocenters. The number of hydrogen-bond acceptors (Lipinski definition) is 6. The number of ether oxygens (including phenoxy) is 1. The summed E-state index contributed by atoms with van der Waals surface area (Å²) in [4.78, 5) is 15.4. The lowest BCUT2D eigenvalue weighted by molar-refractivity contribution is -0.140. The van der Waals surface area contributed by atoms with Crippen molar-refractivity contribution in [1.82, 2.24) is 19.9 Å². The van der Waals surface area contributed by atoms with Gasteiger partial charge in [-0.3, -0.25) is 9.48 Å². The van der Waals surface area contributed by atoms with Crippen molar-refractivity contribution < 1.29 is 14.1 Å². The average Bonchev–Trinajstić information content (AvgIpc) is 3.11. The summed E-state index contributed by atoms with van der Waals surface area (Å²) in [6.07, 6.45) is 2.43. The lowest BCUT2D eigenvalue weighted by Gasteiger charge is -2.01. The van der Waals surface area contributed by atoms with E-state index < -0.39 is 0 Å². The minimum absolute atomic E-state index is 0.236. The number of carbonyl (C=O) groups excluding carboxylic acids is 1. The van der Waals surface area contributed by atoms with Gasteiger partial charge in [-0.2, -0.15) is 10.1 Å². The molecule has 114 valence electrons. The van der Waals surface area contributed by atoms with Crippen LogP contribution in [0.25, 0.3) is 0 Å². The van der Waals surface area contributed by atoms with E-state index in [1.807, 2.05) is 4.68 Å². The smallest absolute Gasteiger partial charge is 0.306 e. The molecule has 0 aliphatic heterocycles. The second-order valence-corrected chi connectivity index (χ2v) is 4.67. The predicted molar refractivity (Wildman–Crippen MR) is 74.7 cm³/mol. The van der Waals surface area contributed by atoms with Crippen LogP contribution in [0.5, 0.6) is 0 Å². The molecule has 0 aliphatic carbocycles. The Morgan fingerprint density at radius 1 is 1.38 bits per heavy atom. The van der Waals surface area contributed by atoms with Crippen molar-refractivity contribution in [2.45, 2.75) is 46.1 Å². The van der Waals surface area contributed by atoms with Crippen LogP contribution < -0.4 is 0 Å². The van der Waals surface area contributed by atoms with E-state index in [1.165, 1.54) is 7.11 Å². The second kappa shape index (κ2) is 7.01. The van der Waals surface area contributed by atoms with E-state index in [2.05, 4.69) is 39.9 Å². The molecule has 0 bridgehead atoms. The van der Waals surface area contributed by atoms with Crippen LogP contribution in [0.2, 0.25) is 0 Å². The van der Waals surface area contributed by atoms with Crippen LogP contribution in [0.1, 0.15) is 43.4 Å². The molecule has 2 aromatic rings. The molecule has 0 saturated heterocycles. The van der Waals surface area contributed by atoms with Crippen LogP contribution in [-0.4, -0.2) is 33.0 Å². The van der Waals surface area contributed by atoms with Crippen LogP contribution >= 0.6 is 0 Å². The third kappa shape index (κ3) is 3.90. The summed E-state index contributed by atoms with van der Waals surface area (Å²) in [6, 6.07) is 2.10. The molecular weight excluding hydrogens is 272 g/mol. The normalized spacial score (nSPS) is 10.8. The number of aromatic nitrogens is 4. The summed E-state index contributed by atoms with van der Waals surface area (Å²) in [5.41, 5.74) is 2.20. The maximum atomic E-state index is 11.1. The van der Waals surface area contributed by atoms with Crippen molar-refractivity contribution >= 4 is 5.97 Å². The fourth-order valence-electron chi connectivity index (χ4n) is 2.01. The first-order valence-corrected chi connectivity index (χ1v) is 7.10. The molecule has 7 nitrogen and oxygen atoms in total. The molecule has 0 saturated carbocycles. The number of nitrogens with zero attached hydrogens (tertiary/aromatic N) is 4. The highest BCUT2D eigenvalue weighted by Crippen LogP contribution is 2.09. The standard InChI is InChI=1S/C14H20N4O3/c1-4-10-8-11(5-2)18(16-10)9-12-15-13(21-17-12)6-7-14(19)20-3/h8H,4-7,9H2,1-3H3. The molecule has 21 heavy (non-hydrogen) atoms. The van der Waals surface area contributed by atoms with Crippen LogP contribution in [0.4, 0.5) is 0 Å². The molecule has 0 aliphatic rings. The van der Waals surface area contributed by atoms with Crippen LogP contribution in [0, 0.1) is 0 Å². The molecule has 0 N–H and O–H groups in total. The van der Waals surface area contributed by atoms with Crippen molar-refractivity contribution in [3.05, 3.63) is 29.2 Å². The highest BCUT2D eigenvalue weighted by atomic mass is 16.5. The molecule has 0 spiro atoms. The molecule has 0 amide bonds. The number of methoxy groups -OCH3 is 1. The lowest BCUT2D eigenvalue weighted by atomic mass is 10.2. The van der Waals surface area contributed by atoms with Crippen LogP contribution in [0.15, 0.2) is 10.6 Å². The second-order valence-electron chi connectivity index (χ2n) is 4.67. The fourth-order valence-corrected chi connectivity index (χ4v) is 2.01. The van der Waals surface area contributed by atoms with Gasteiger partial charge in [0.25, 0.3) is 0 Å². The topological polar surface area (TPSA) is 83.0 Å². The van der Waals surface area contributed by atoms with Crippen molar-refractivity contribution in [1.29, 1.82) is 0 Å². The Bertz CT molecular complexity index is 603. The van der Waals surface area contributed by atoms with E-state index in [4.69, 9.17) is 4.52 Å². The zero-order chi connectivity index (χ0) is 15.2. The third-order valence-corrected chi connectivity index (χ3v) is 3.21. The Morgan fingerprint density at radius 2 is 2.19 bits per heavy atom. The van der Waals surface area contributed by atoms with E-state index >= 15 is 0 Å². The average molecular weight is 292 g/mol. The van der Waals surface area contributed by atoms with Gasteiger partial charge in [-0.05, 0) is 18.9 Å². The molecule has 2 rings (SSSR count). The Hall–Kier alpha value is -2.18. The first-order chi connectivity index (χ1) is 10.2. The van der Waals surface area contributed by atoms with E-state index in [0.717, 1.165) is 24.2 Å². The summed E-state index contributed by atoms with van der Waals surface area (Å²) in [5.74, 6) is 0.717. The van der Waals surface area contributed by atoms with Gasteiger partial charge in [-0.1, -0.05) is 19.0 Å². The van der Waals surface area contributed by atoms with Gasteiger partial charge in [-0.25, -0.2) is 0 Å². The number of hydrogen-bond donors (Lipinski definition) is 0. The molecule has 7 heteroatoms. The summed E-state index contributed by atoms with van der Waals surface area (Å²) in [7, 11) is 1.36. The van der Waals surface area contributed by atoms with Gasteiger partial charge in [0.15, 0.2) is 5.82 Å². The Kier molecular flexibility index (Phi) is 5.08. The monoisotopic (exact) mass is 292 g/mol. The van der Waals surface area contributed by atoms with E-state index in [0.29, 0.717) is 24.7 Å². The zero-order valence-corrected chi connectivity index (χ0v) is 12.6.